The molecule has 27 heavy (non-hydrogen) atoms. The summed E-state index contributed by atoms with van der Waals surface area (Å²) in [6.45, 7) is 0. The van der Waals surface area contributed by atoms with Crippen LogP contribution in [0.3, 0.4) is 0 Å². The standard InChI is InChI=1S/C22H15N5/c1-4-11-25-14-10-16(18(25)7-1)22-24-21(19-8-2-6-13-27(19)22)17-15-26-12-5-3-9-20(26)23-17/h1-15H. The first-order valence-electron chi connectivity index (χ1n) is 8.86. The highest BCUT2D eigenvalue weighted by atomic mass is 15.1. The van der Waals surface area contributed by atoms with Crippen molar-refractivity contribution in [2.75, 3.05) is 0 Å². The minimum atomic E-state index is 0.875. The molecule has 0 bridgehead atoms. The zero-order valence-electron chi connectivity index (χ0n) is 14.4. The molecule has 0 radical (unpaired) electrons. The maximum atomic E-state index is 5.02. The average molecular weight is 349 g/mol. The number of hydrogen-bond donors (Lipinski definition) is 0. The lowest BCUT2D eigenvalue weighted by Gasteiger charge is -2.00. The second-order valence-corrected chi connectivity index (χ2v) is 6.55. The van der Waals surface area contributed by atoms with Crippen molar-refractivity contribution in [1.82, 2.24) is 23.2 Å². The van der Waals surface area contributed by atoms with Crippen molar-refractivity contribution in [3.05, 3.63) is 91.6 Å². The van der Waals surface area contributed by atoms with Gasteiger partial charge in [0, 0.05) is 36.5 Å². The van der Waals surface area contributed by atoms with Crippen molar-refractivity contribution in [2.24, 2.45) is 0 Å². The summed E-state index contributed by atoms with van der Waals surface area (Å²) < 4.78 is 6.28. The van der Waals surface area contributed by atoms with Gasteiger partial charge >= 0.3 is 0 Å². The Labute approximate surface area is 154 Å². The number of nitrogens with zero attached hydrogens (tertiary/aromatic N) is 5. The Morgan fingerprint density at radius 1 is 0.630 bits per heavy atom. The zero-order valence-corrected chi connectivity index (χ0v) is 14.4. The van der Waals surface area contributed by atoms with E-state index in [2.05, 4.69) is 51.7 Å². The summed E-state index contributed by atoms with van der Waals surface area (Å²) in [6, 6.07) is 20.5. The molecule has 0 spiro atoms. The lowest BCUT2D eigenvalue weighted by Crippen LogP contribution is -1.88. The summed E-state index contributed by atoms with van der Waals surface area (Å²) >= 11 is 0. The number of aromatic nitrogens is 5. The molecule has 0 atom stereocenters. The van der Waals surface area contributed by atoms with Crippen molar-refractivity contribution < 1.29 is 0 Å². The van der Waals surface area contributed by atoms with Gasteiger partial charge in [-0.25, -0.2) is 9.97 Å². The number of rotatable bonds is 2. The largest absolute Gasteiger partial charge is 0.323 e. The molecule has 0 fully saturated rings. The van der Waals surface area contributed by atoms with E-state index in [1.165, 1.54) is 0 Å². The molecule has 128 valence electrons. The van der Waals surface area contributed by atoms with Gasteiger partial charge in [-0.05, 0) is 42.5 Å². The molecule has 6 aromatic heterocycles. The van der Waals surface area contributed by atoms with E-state index in [1.54, 1.807) is 0 Å². The van der Waals surface area contributed by atoms with Gasteiger partial charge in [-0.1, -0.05) is 18.2 Å². The van der Waals surface area contributed by atoms with Gasteiger partial charge in [-0.15, -0.1) is 0 Å². The van der Waals surface area contributed by atoms with Crippen LogP contribution in [0.5, 0.6) is 0 Å². The highest BCUT2D eigenvalue weighted by molar-refractivity contribution is 5.85. The van der Waals surface area contributed by atoms with Crippen LogP contribution in [-0.4, -0.2) is 23.2 Å². The highest BCUT2D eigenvalue weighted by Crippen LogP contribution is 2.31. The first-order chi connectivity index (χ1) is 13.4. The zero-order chi connectivity index (χ0) is 17.8. The maximum Gasteiger partial charge on any atom is 0.147 e. The fourth-order valence-electron chi connectivity index (χ4n) is 3.71. The molecule has 6 aromatic rings. The van der Waals surface area contributed by atoms with Crippen molar-refractivity contribution in [2.45, 2.75) is 0 Å². The van der Waals surface area contributed by atoms with E-state index in [4.69, 9.17) is 9.97 Å². The second-order valence-electron chi connectivity index (χ2n) is 6.55. The van der Waals surface area contributed by atoms with Gasteiger partial charge in [0.1, 0.15) is 22.9 Å². The van der Waals surface area contributed by atoms with E-state index in [0.717, 1.165) is 39.5 Å². The predicted molar refractivity (Wildman–Crippen MR) is 106 cm³/mol. The molecule has 0 unspecified atom stereocenters. The smallest absolute Gasteiger partial charge is 0.147 e. The Bertz CT molecular complexity index is 1400. The third-order valence-electron chi connectivity index (χ3n) is 4.96. The lowest BCUT2D eigenvalue weighted by molar-refractivity contribution is 1.16. The number of imidazole rings is 2. The Hall–Kier alpha value is -3.86. The molecule has 6 rings (SSSR count). The third kappa shape index (κ3) is 2.05. The minimum absolute atomic E-state index is 0.875. The molecule has 0 aromatic carbocycles. The van der Waals surface area contributed by atoms with Crippen LogP contribution in [0.4, 0.5) is 0 Å². The predicted octanol–water partition coefficient (Wildman–Crippen LogP) is 4.57. The van der Waals surface area contributed by atoms with Crippen LogP contribution in [-0.2, 0) is 0 Å². The van der Waals surface area contributed by atoms with Crippen LogP contribution in [0, 0.1) is 0 Å². The molecule has 6 heterocycles. The summed E-state index contributed by atoms with van der Waals surface area (Å²) in [5, 5.41) is 0. The normalized spacial score (nSPS) is 11.7. The van der Waals surface area contributed by atoms with Crippen LogP contribution in [0.2, 0.25) is 0 Å². The average Bonchev–Trinajstić information content (AvgIpc) is 3.42. The molecular formula is C22H15N5. The Morgan fingerprint density at radius 3 is 2.30 bits per heavy atom. The summed E-state index contributed by atoms with van der Waals surface area (Å²) in [5.41, 5.74) is 5.97. The second kappa shape index (κ2) is 5.32. The van der Waals surface area contributed by atoms with E-state index in [9.17, 15) is 0 Å². The van der Waals surface area contributed by atoms with Crippen LogP contribution >= 0.6 is 0 Å². The molecule has 5 heteroatoms. The Kier molecular flexibility index (Phi) is 2.82. The van der Waals surface area contributed by atoms with Gasteiger partial charge in [0.2, 0.25) is 0 Å². The molecule has 0 aliphatic heterocycles. The number of hydrogen-bond acceptors (Lipinski definition) is 2. The fraction of sp³-hybridized carbons (Fsp3) is 0. The first-order valence-corrected chi connectivity index (χ1v) is 8.86. The third-order valence-corrected chi connectivity index (χ3v) is 4.96. The van der Waals surface area contributed by atoms with Gasteiger partial charge in [0.25, 0.3) is 0 Å². The summed E-state index contributed by atoms with van der Waals surface area (Å²) in [4.78, 5) is 9.79. The van der Waals surface area contributed by atoms with Gasteiger partial charge in [-0.3, -0.25) is 4.40 Å². The summed E-state index contributed by atoms with van der Waals surface area (Å²) in [7, 11) is 0. The van der Waals surface area contributed by atoms with Gasteiger partial charge in [0.15, 0.2) is 0 Å². The van der Waals surface area contributed by atoms with Crippen LogP contribution < -0.4 is 0 Å². The topological polar surface area (TPSA) is 39.0 Å². The molecule has 0 N–H and O–H groups in total. The molecule has 0 aliphatic carbocycles. The first kappa shape index (κ1) is 14.3. The molecule has 0 amide bonds. The molecule has 5 nitrogen and oxygen atoms in total. The Morgan fingerprint density at radius 2 is 1.41 bits per heavy atom. The van der Waals surface area contributed by atoms with E-state index >= 15 is 0 Å². The van der Waals surface area contributed by atoms with Crippen LogP contribution in [0.25, 0.3) is 39.5 Å². The quantitative estimate of drug-likeness (QED) is 0.459. The maximum absolute atomic E-state index is 5.02. The van der Waals surface area contributed by atoms with E-state index in [1.807, 2.05) is 53.2 Å². The summed E-state index contributed by atoms with van der Waals surface area (Å²) in [5.74, 6) is 0.923. The Balaban J connectivity index is 1.66. The number of pyridine rings is 3. The lowest BCUT2D eigenvalue weighted by atomic mass is 10.2. The molecular weight excluding hydrogens is 334 g/mol. The fourth-order valence-corrected chi connectivity index (χ4v) is 3.71. The molecule has 0 saturated carbocycles. The summed E-state index contributed by atoms with van der Waals surface area (Å²) in [6.07, 6.45) is 10.2. The van der Waals surface area contributed by atoms with E-state index < -0.39 is 0 Å². The van der Waals surface area contributed by atoms with Crippen molar-refractivity contribution in [3.63, 3.8) is 0 Å². The van der Waals surface area contributed by atoms with Crippen molar-refractivity contribution in [3.8, 4) is 22.8 Å². The van der Waals surface area contributed by atoms with Gasteiger partial charge in [0.05, 0.1) is 11.0 Å². The van der Waals surface area contributed by atoms with Crippen molar-refractivity contribution in [1.29, 1.82) is 0 Å². The monoisotopic (exact) mass is 349 g/mol. The minimum Gasteiger partial charge on any atom is -0.323 e. The molecule has 0 saturated heterocycles. The van der Waals surface area contributed by atoms with Crippen LogP contribution in [0.15, 0.2) is 91.6 Å². The van der Waals surface area contributed by atoms with E-state index in [-0.39, 0.29) is 0 Å². The molecule has 0 aliphatic rings. The van der Waals surface area contributed by atoms with Gasteiger partial charge < -0.3 is 8.80 Å². The highest BCUT2D eigenvalue weighted by Gasteiger charge is 2.18. The van der Waals surface area contributed by atoms with Gasteiger partial charge in [-0.2, -0.15) is 0 Å². The number of fused-ring (bicyclic) bond motifs is 3. The van der Waals surface area contributed by atoms with Crippen molar-refractivity contribution >= 4 is 16.7 Å². The van der Waals surface area contributed by atoms with Crippen LogP contribution in [0.1, 0.15) is 0 Å². The SMILES string of the molecule is c1ccn2cc(-c3nc(-c4ccn5ccccc45)n4ccccc34)nc2c1. The van der Waals surface area contributed by atoms with E-state index in [0.29, 0.717) is 0 Å².